The molecule has 1 atom stereocenters. The minimum Gasteiger partial charge on any atom is -0.485 e. The topological polar surface area (TPSA) is 84.9 Å². The van der Waals surface area contributed by atoms with E-state index >= 15 is 0 Å². The molecule has 0 unspecified atom stereocenters. The largest absolute Gasteiger partial charge is 0.485 e. The van der Waals surface area contributed by atoms with E-state index in [9.17, 15) is 9.59 Å². The van der Waals surface area contributed by atoms with Crippen LogP contribution < -0.4 is 9.47 Å². The van der Waals surface area contributed by atoms with Crippen LogP contribution in [0.1, 0.15) is 0 Å². The predicted octanol–water partition coefficient (Wildman–Crippen LogP) is 1.08. The fourth-order valence-corrected chi connectivity index (χ4v) is 3.80. The van der Waals surface area contributed by atoms with Crippen molar-refractivity contribution in [2.24, 2.45) is 0 Å². The van der Waals surface area contributed by atoms with E-state index in [-0.39, 0.29) is 24.2 Å². The zero-order valence-corrected chi connectivity index (χ0v) is 16.0. The SMILES string of the molecule is O=C(CSc1ncccn1)N1CCN(C(=O)[C@@H]2COc3ccccc3O2)CC1. The van der Waals surface area contributed by atoms with Gasteiger partial charge >= 0.3 is 0 Å². The third-order valence-corrected chi connectivity index (χ3v) is 5.46. The molecule has 3 heterocycles. The van der Waals surface area contributed by atoms with Crippen molar-refractivity contribution in [3.8, 4) is 11.5 Å². The number of thioether (sulfide) groups is 1. The molecule has 0 N–H and O–H groups in total. The van der Waals surface area contributed by atoms with Crippen molar-refractivity contribution < 1.29 is 19.1 Å². The van der Waals surface area contributed by atoms with Crippen LogP contribution in [-0.4, -0.2) is 76.2 Å². The summed E-state index contributed by atoms with van der Waals surface area (Å²) in [5, 5.41) is 0.583. The summed E-state index contributed by atoms with van der Waals surface area (Å²) in [4.78, 5) is 36.8. The van der Waals surface area contributed by atoms with Crippen LogP contribution in [0.15, 0.2) is 47.9 Å². The maximum Gasteiger partial charge on any atom is 0.267 e. The van der Waals surface area contributed by atoms with Gasteiger partial charge in [0.05, 0.1) is 5.75 Å². The zero-order chi connectivity index (χ0) is 19.3. The molecule has 2 aliphatic heterocycles. The molecular weight excluding hydrogens is 380 g/mol. The number of aromatic nitrogens is 2. The number of carbonyl (C=O) groups excluding carboxylic acids is 2. The Hall–Kier alpha value is -2.81. The molecular formula is C19H20N4O4S. The molecule has 1 aromatic heterocycles. The molecule has 8 nitrogen and oxygen atoms in total. The molecule has 2 aromatic rings. The Morgan fingerprint density at radius 2 is 1.68 bits per heavy atom. The molecule has 0 aliphatic carbocycles. The number of hydrogen-bond acceptors (Lipinski definition) is 7. The Bertz CT molecular complexity index is 843. The predicted molar refractivity (Wildman–Crippen MR) is 102 cm³/mol. The van der Waals surface area contributed by atoms with Gasteiger partial charge in [-0.05, 0) is 18.2 Å². The van der Waals surface area contributed by atoms with E-state index in [2.05, 4.69) is 9.97 Å². The number of carbonyl (C=O) groups is 2. The summed E-state index contributed by atoms with van der Waals surface area (Å²) in [6.07, 6.45) is 2.65. The number of ether oxygens (including phenoxy) is 2. The molecule has 1 fully saturated rings. The molecule has 2 amide bonds. The van der Waals surface area contributed by atoms with Gasteiger partial charge in [0.2, 0.25) is 12.0 Å². The van der Waals surface area contributed by atoms with Gasteiger partial charge in [-0.15, -0.1) is 0 Å². The van der Waals surface area contributed by atoms with Gasteiger partial charge in [0.25, 0.3) is 5.91 Å². The second kappa shape index (κ2) is 8.47. The maximum atomic E-state index is 12.7. The van der Waals surface area contributed by atoms with Crippen LogP contribution >= 0.6 is 11.8 Å². The summed E-state index contributed by atoms with van der Waals surface area (Å²) in [5.74, 6) is 1.45. The molecule has 0 radical (unpaired) electrons. The van der Waals surface area contributed by atoms with Crippen LogP contribution in [0, 0.1) is 0 Å². The van der Waals surface area contributed by atoms with Crippen molar-refractivity contribution in [2.45, 2.75) is 11.3 Å². The number of amides is 2. The van der Waals surface area contributed by atoms with Crippen molar-refractivity contribution in [1.29, 1.82) is 0 Å². The molecule has 1 saturated heterocycles. The average molecular weight is 400 g/mol. The number of rotatable bonds is 4. The molecule has 0 spiro atoms. The lowest BCUT2D eigenvalue weighted by Crippen LogP contribution is -2.55. The zero-order valence-electron chi connectivity index (χ0n) is 15.2. The summed E-state index contributed by atoms with van der Waals surface area (Å²) in [6, 6.07) is 9.06. The van der Waals surface area contributed by atoms with Crippen LogP contribution in [0.4, 0.5) is 0 Å². The van der Waals surface area contributed by atoms with E-state index < -0.39 is 6.10 Å². The third-order valence-electron chi connectivity index (χ3n) is 4.59. The molecule has 0 saturated carbocycles. The van der Waals surface area contributed by atoms with Gasteiger partial charge in [-0.1, -0.05) is 23.9 Å². The minimum atomic E-state index is -0.650. The van der Waals surface area contributed by atoms with E-state index in [0.717, 1.165) is 0 Å². The first-order valence-electron chi connectivity index (χ1n) is 9.05. The molecule has 146 valence electrons. The number of nitrogens with zero attached hydrogens (tertiary/aromatic N) is 4. The summed E-state index contributed by atoms with van der Waals surface area (Å²) in [7, 11) is 0. The second-order valence-electron chi connectivity index (χ2n) is 6.39. The van der Waals surface area contributed by atoms with Crippen molar-refractivity contribution >= 4 is 23.6 Å². The monoisotopic (exact) mass is 400 g/mol. The lowest BCUT2D eigenvalue weighted by atomic mass is 10.2. The van der Waals surface area contributed by atoms with Crippen molar-refractivity contribution in [3.63, 3.8) is 0 Å². The van der Waals surface area contributed by atoms with Crippen molar-refractivity contribution in [3.05, 3.63) is 42.7 Å². The molecule has 4 rings (SSSR count). The van der Waals surface area contributed by atoms with Crippen LogP contribution in [0.5, 0.6) is 11.5 Å². The molecule has 28 heavy (non-hydrogen) atoms. The molecule has 9 heteroatoms. The first-order valence-corrected chi connectivity index (χ1v) is 10.0. The van der Waals surface area contributed by atoms with Crippen LogP contribution in [0.25, 0.3) is 0 Å². The van der Waals surface area contributed by atoms with Gasteiger partial charge in [-0.3, -0.25) is 9.59 Å². The van der Waals surface area contributed by atoms with Gasteiger partial charge < -0.3 is 19.3 Å². The van der Waals surface area contributed by atoms with E-state index in [4.69, 9.17) is 9.47 Å². The lowest BCUT2D eigenvalue weighted by molar-refractivity contribution is -0.145. The fraction of sp³-hybridized carbons (Fsp3) is 0.368. The Labute approximate surface area is 166 Å². The second-order valence-corrected chi connectivity index (χ2v) is 7.33. The summed E-state index contributed by atoms with van der Waals surface area (Å²) in [6.45, 7) is 2.18. The van der Waals surface area contributed by atoms with Crippen LogP contribution in [-0.2, 0) is 9.59 Å². The summed E-state index contributed by atoms with van der Waals surface area (Å²) in [5.41, 5.74) is 0. The van der Waals surface area contributed by atoms with E-state index in [1.807, 2.05) is 18.2 Å². The highest BCUT2D eigenvalue weighted by atomic mass is 32.2. The summed E-state index contributed by atoms with van der Waals surface area (Å²) >= 11 is 1.31. The number of para-hydroxylation sites is 2. The Kier molecular flexibility index (Phi) is 5.61. The smallest absolute Gasteiger partial charge is 0.267 e. The van der Waals surface area contributed by atoms with Gasteiger partial charge in [0.1, 0.15) is 6.61 Å². The maximum absolute atomic E-state index is 12.7. The number of fused-ring (bicyclic) bond motifs is 1. The first kappa shape index (κ1) is 18.5. The molecule has 1 aromatic carbocycles. The highest BCUT2D eigenvalue weighted by Crippen LogP contribution is 2.31. The van der Waals surface area contributed by atoms with Crippen molar-refractivity contribution in [2.75, 3.05) is 38.5 Å². The first-order chi connectivity index (χ1) is 13.7. The lowest BCUT2D eigenvalue weighted by Gasteiger charge is -2.37. The number of hydrogen-bond donors (Lipinski definition) is 0. The van der Waals surface area contributed by atoms with E-state index in [1.165, 1.54) is 11.8 Å². The van der Waals surface area contributed by atoms with E-state index in [0.29, 0.717) is 42.8 Å². The van der Waals surface area contributed by atoms with Gasteiger partial charge in [0, 0.05) is 38.6 Å². The van der Waals surface area contributed by atoms with Crippen molar-refractivity contribution in [1.82, 2.24) is 19.8 Å². The Morgan fingerprint density at radius 3 is 2.43 bits per heavy atom. The highest BCUT2D eigenvalue weighted by Gasteiger charge is 2.33. The van der Waals surface area contributed by atoms with Gasteiger partial charge in [0.15, 0.2) is 16.7 Å². The fourth-order valence-electron chi connectivity index (χ4n) is 3.10. The number of benzene rings is 1. The Balaban J connectivity index is 1.26. The Morgan fingerprint density at radius 1 is 1.00 bits per heavy atom. The minimum absolute atomic E-state index is 0.0238. The quantitative estimate of drug-likeness (QED) is 0.561. The molecule has 0 bridgehead atoms. The summed E-state index contributed by atoms with van der Waals surface area (Å²) < 4.78 is 11.4. The third kappa shape index (κ3) is 4.19. The van der Waals surface area contributed by atoms with Gasteiger partial charge in [-0.25, -0.2) is 9.97 Å². The van der Waals surface area contributed by atoms with Crippen LogP contribution in [0.2, 0.25) is 0 Å². The van der Waals surface area contributed by atoms with E-state index in [1.54, 1.807) is 34.3 Å². The normalized spacial score (nSPS) is 18.6. The van der Waals surface area contributed by atoms with Gasteiger partial charge in [-0.2, -0.15) is 0 Å². The average Bonchev–Trinajstić information content (AvgIpc) is 2.77. The molecule has 2 aliphatic rings. The highest BCUT2D eigenvalue weighted by molar-refractivity contribution is 7.99. The standard InChI is InChI=1S/C19H20N4O4S/c24-17(13-28-19-20-6-3-7-21-19)22-8-10-23(11-9-22)18(25)16-12-26-14-4-1-2-5-15(14)27-16/h1-7,16H,8-13H2/t16-/m0/s1. The van der Waals surface area contributed by atoms with Crippen LogP contribution in [0.3, 0.4) is 0 Å². The number of piperazine rings is 1.